The summed E-state index contributed by atoms with van der Waals surface area (Å²) in [5, 5.41) is -0.469. The van der Waals surface area contributed by atoms with Crippen LogP contribution in [0.2, 0.25) is 0 Å². The summed E-state index contributed by atoms with van der Waals surface area (Å²) in [5.41, 5.74) is 1.86. The minimum atomic E-state index is -3.42. The van der Waals surface area contributed by atoms with Crippen molar-refractivity contribution in [1.82, 2.24) is 4.90 Å². The third-order valence-corrected chi connectivity index (χ3v) is 7.83. The Morgan fingerprint density at radius 3 is 2.00 bits per heavy atom. The molecule has 5 nitrogen and oxygen atoms in total. The Bertz CT molecular complexity index is 949. The van der Waals surface area contributed by atoms with Crippen molar-refractivity contribution in [2.75, 3.05) is 20.2 Å². The van der Waals surface area contributed by atoms with Crippen LogP contribution < -0.4 is 4.74 Å². The Morgan fingerprint density at radius 2 is 1.52 bits per heavy atom. The third-order valence-electron chi connectivity index (χ3n) is 5.55. The second kappa shape index (κ2) is 8.19. The molecule has 0 bridgehead atoms. The molecule has 1 aliphatic heterocycles. The van der Waals surface area contributed by atoms with E-state index in [1.807, 2.05) is 24.3 Å². The van der Waals surface area contributed by atoms with Gasteiger partial charge in [0.15, 0.2) is 9.84 Å². The van der Waals surface area contributed by atoms with Gasteiger partial charge in [0.25, 0.3) is 5.91 Å². The van der Waals surface area contributed by atoms with Gasteiger partial charge in [0.05, 0.1) is 17.3 Å². The lowest BCUT2D eigenvalue weighted by Gasteiger charge is -2.32. The molecule has 29 heavy (non-hydrogen) atoms. The van der Waals surface area contributed by atoms with Gasteiger partial charge in [-0.25, -0.2) is 8.42 Å². The van der Waals surface area contributed by atoms with Crippen LogP contribution in [0.25, 0.3) is 0 Å². The number of piperidine rings is 1. The summed E-state index contributed by atoms with van der Waals surface area (Å²) >= 11 is 0. The first-order valence-electron chi connectivity index (χ1n) is 9.90. The van der Waals surface area contributed by atoms with Crippen LogP contribution in [0.5, 0.6) is 5.75 Å². The average molecular weight is 416 g/mol. The van der Waals surface area contributed by atoms with Crippen LogP contribution in [0.3, 0.4) is 0 Å². The SMILES string of the molecule is COc1ccc(S(=O)(=O)C2CCN(C(=O)c3ccc(C(C)(C)C)cc3)CC2)cc1. The minimum absolute atomic E-state index is 0.0363. The van der Waals surface area contributed by atoms with Gasteiger partial charge in [-0.15, -0.1) is 0 Å². The van der Waals surface area contributed by atoms with E-state index in [9.17, 15) is 13.2 Å². The van der Waals surface area contributed by atoms with Gasteiger partial charge in [-0.05, 0) is 60.2 Å². The molecular weight excluding hydrogens is 386 g/mol. The highest BCUT2D eigenvalue weighted by atomic mass is 32.2. The predicted molar refractivity (Wildman–Crippen MR) is 114 cm³/mol. The second-order valence-electron chi connectivity index (χ2n) is 8.54. The number of amides is 1. The van der Waals surface area contributed by atoms with Crippen molar-refractivity contribution in [3.8, 4) is 5.75 Å². The van der Waals surface area contributed by atoms with E-state index in [4.69, 9.17) is 4.74 Å². The molecule has 0 aromatic heterocycles. The zero-order valence-corrected chi connectivity index (χ0v) is 18.3. The molecule has 0 N–H and O–H groups in total. The standard InChI is InChI=1S/C23H29NO4S/c1-23(2,3)18-7-5-17(6-8-18)22(25)24-15-13-21(14-16-24)29(26,27)20-11-9-19(28-4)10-12-20/h5-12,21H,13-16H2,1-4H3. The highest BCUT2D eigenvalue weighted by Gasteiger charge is 2.33. The number of methoxy groups -OCH3 is 1. The monoisotopic (exact) mass is 415 g/mol. The quantitative estimate of drug-likeness (QED) is 0.755. The van der Waals surface area contributed by atoms with Crippen LogP contribution in [0, 0.1) is 0 Å². The summed E-state index contributed by atoms with van der Waals surface area (Å²) in [4.78, 5) is 14.9. The Kier molecular flexibility index (Phi) is 6.03. The first-order valence-corrected chi connectivity index (χ1v) is 11.5. The maximum absolute atomic E-state index is 12.9. The third kappa shape index (κ3) is 4.64. The lowest BCUT2D eigenvalue weighted by atomic mass is 9.86. The zero-order chi connectivity index (χ0) is 21.2. The molecule has 0 atom stereocenters. The molecule has 1 aliphatic rings. The van der Waals surface area contributed by atoms with E-state index in [0.29, 0.717) is 42.1 Å². The van der Waals surface area contributed by atoms with E-state index in [1.165, 1.54) is 5.56 Å². The minimum Gasteiger partial charge on any atom is -0.497 e. The Labute approximate surface area is 173 Å². The van der Waals surface area contributed by atoms with Gasteiger partial charge in [0.2, 0.25) is 0 Å². The van der Waals surface area contributed by atoms with Crippen molar-refractivity contribution in [3.63, 3.8) is 0 Å². The average Bonchev–Trinajstić information content (AvgIpc) is 2.73. The first-order chi connectivity index (χ1) is 13.6. The smallest absolute Gasteiger partial charge is 0.253 e. The van der Waals surface area contributed by atoms with Gasteiger partial charge < -0.3 is 9.64 Å². The summed E-state index contributed by atoms with van der Waals surface area (Å²) < 4.78 is 30.9. The number of rotatable bonds is 4. The van der Waals surface area contributed by atoms with Gasteiger partial charge in [-0.3, -0.25) is 4.79 Å². The van der Waals surface area contributed by atoms with Crippen LogP contribution in [0.1, 0.15) is 49.5 Å². The van der Waals surface area contributed by atoms with Crippen LogP contribution in [-0.2, 0) is 15.3 Å². The number of carbonyl (C=O) groups excluding carboxylic acids is 1. The van der Waals surface area contributed by atoms with Crippen LogP contribution >= 0.6 is 0 Å². The topological polar surface area (TPSA) is 63.7 Å². The Balaban J connectivity index is 1.65. The van der Waals surface area contributed by atoms with Crippen molar-refractivity contribution in [2.24, 2.45) is 0 Å². The summed E-state index contributed by atoms with van der Waals surface area (Å²) in [6, 6.07) is 14.2. The molecule has 0 radical (unpaired) electrons. The van der Waals surface area contributed by atoms with Gasteiger partial charge in [-0.1, -0.05) is 32.9 Å². The maximum atomic E-state index is 12.9. The predicted octanol–water partition coefficient (Wildman–Crippen LogP) is 4.07. The van der Waals surface area contributed by atoms with Gasteiger partial charge in [0, 0.05) is 18.7 Å². The second-order valence-corrected chi connectivity index (χ2v) is 10.8. The molecule has 3 rings (SSSR count). The van der Waals surface area contributed by atoms with E-state index >= 15 is 0 Å². The molecular formula is C23H29NO4S. The van der Waals surface area contributed by atoms with Gasteiger partial charge in [-0.2, -0.15) is 0 Å². The number of nitrogens with zero attached hydrogens (tertiary/aromatic N) is 1. The molecule has 2 aromatic carbocycles. The van der Waals surface area contributed by atoms with Crippen molar-refractivity contribution in [1.29, 1.82) is 0 Å². The van der Waals surface area contributed by atoms with E-state index < -0.39 is 15.1 Å². The van der Waals surface area contributed by atoms with Crippen molar-refractivity contribution in [2.45, 2.75) is 49.2 Å². The molecule has 1 fully saturated rings. The number of hydrogen-bond acceptors (Lipinski definition) is 4. The summed E-state index contributed by atoms with van der Waals surface area (Å²) in [6.07, 6.45) is 0.889. The molecule has 1 saturated heterocycles. The van der Waals surface area contributed by atoms with E-state index in [0.717, 1.165) is 0 Å². The molecule has 0 spiro atoms. The Morgan fingerprint density at radius 1 is 0.966 bits per heavy atom. The maximum Gasteiger partial charge on any atom is 0.253 e. The molecule has 1 amide bonds. The Hall–Kier alpha value is -2.34. The van der Waals surface area contributed by atoms with Gasteiger partial charge in [0.1, 0.15) is 5.75 Å². The lowest BCUT2D eigenvalue weighted by Crippen LogP contribution is -2.42. The highest BCUT2D eigenvalue weighted by Crippen LogP contribution is 2.27. The number of sulfone groups is 1. The van der Waals surface area contributed by atoms with Crippen LogP contribution in [-0.4, -0.2) is 44.7 Å². The van der Waals surface area contributed by atoms with Crippen molar-refractivity contribution in [3.05, 3.63) is 59.7 Å². The zero-order valence-electron chi connectivity index (χ0n) is 17.5. The molecule has 6 heteroatoms. The molecule has 156 valence electrons. The summed E-state index contributed by atoms with van der Waals surface area (Å²) in [5.74, 6) is 0.590. The summed E-state index contributed by atoms with van der Waals surface area (Å²) in [7, 11) is -1.87. The largest absolute Gasteiger partial charge is 0.497 e. The molecule has 0 aliphatic carbocycles. The fourth-order valence-corrected chi connectivity index (χ4v) is 5.35. The van der Waals surface area contributed by atoms with E-state index in [2.05, 4.69) is 20.8 Å². The molecule has 1 heterocycles. The lowest BCUT2D eigenvalue weighted by molar-refractivity contribution is 0.0725. The van der Waals surface area contributed by atoms with E-state index in [-0.39, 0.29) is 11.3 Å². The molecule has 2 aromatic rings. The van der Waals surface area contributed by atoms with Crippen LogP contribution in [0.15, 0.2) is 53.4 Å². The van der Waals surface area contributed by atoms with Crippen molar-refractivity contribution >= 4 is 15.7 Å². The number of benzene rings is 2. The van der Waals surface area contributed by atoms with E-state index in [1.54, 1.807) is 36.3 Å². The normalized spacial score (nSPS) is 15.9. The summed E-state index contributed by atoms with van der Waals surface area (Å²) in [6.45, 7) is 7.30. The fraction of sp³-hybridized carbons (Fsp3) is 0.435. The molecule has 0 unspecified atom stereocenters. The molecule has 0 saturated carbocycles. The number of carbonyl (C=O) groups is 1. The number of likely N-dealkylation sites (tertiary alicyclic amines) is 1. The van der Waals surface area contributed by atoms with Crippen LogP contribution in [0.4, 0.5) is 0 Å². The number of ether oxygens (including phenoxy) is 1. The number of hydrogen-bond donors (Lipinski definition) is 0. The first kappa shape index (κ1) is 21.4. The van der Waals surface area contributed by atoms with Crippen molar-refractivity contribution < 1.29 is 17.9 Å². The van der Waals surface area contributed by atoms with Gasteiger partial charge >= 0.3 is 0 Å². The highest BCUT2D eigenvalue weighted by molar-refractivity contribution is 7.92. The fourth-order valence-electron chi connectivity index (χ4n) is 3.62.